The van der Waals surface area contributed by atoms with Gasteiger partial charge in [-0.05, 0) is 82.0 Å². The van der Waals surface area contributed by atoms with Crippen LogP contribution in [-0.2, 0) is 0 Å². The van der Waals surface area contributed by atoms with E-state index in [1.54, 1.807) is 12.3 Å². The molecule has 0 radical (unpaired) electrons. The van der Waals surface area contributed by atoms with Crippen molar-refractivity contribution in [3.8, 4) is 22.6 Å². The molecule has 0 saturated heterocycles. The first-order valence-electron chi connectivity index (χ1n) is 6.87. The lowest BCUT2D eigenvalue weighted by Crippen LogP contribution is -1.88. The number of aromatic nitrogens is 1. The number of aryl methyl sites for hydroxylation is 1. The van der Waals surface area contributed by atoms with E-state index >= 15 is 0 Å². The van der Waals surface area contributed by atoms with E-state index in [1.807, 2.05) is 43.3 Å². The molecule has 0 aliphatic carbocycles. The maximum Gasteiger partial charge on any atom is 0.145 e. The molecule has 3 rings (SSSR count). The minimum absolute atomic E-state index is 0.605. The summed E-state index contributed by atoms with van der Waals surface area (Å²) in [5.74, 6) is 1.41. The summed E-state index contributed by atoms with van der Waals surface area (Å²) in [4.78, 5) is 4.16. The summed E-state index contributed by atoms with van der Waals surface area (Å²) in [6.45, 7) is 2.02. The highest BCUT2D eigenvalue weighted by molar-refractivity contribution is 9.10. The highest BCUT2D eigenvalue weighted by atomic mass is 79.9. The normalized spacial score (nSPS) is 10.6. The van der Waals surface area contributed by atoms with E-state index in [1.165, 1.54) is 0 Å². The molecule has 116 valence electrons. The molecule has 1 heterocycles. The van der Waals surface area contributed by atoms with E-state index in [-0.39, 0.29) is 0 Å². The van der Waals surface area contributed by atoms with Gasteiger partial charge in [-0.1, -0.05) is 29.3 Å². The van der Waals surface area contributed by atoms with Crippen molar-refractivity contribution in [1.29, 1.82) is 0 Å². The number of hydrogen-bond acceptors (Lipinski definition) is 2. The molecule has 23 heavy (non-hydrogen) atoms. The lowest BCUT2D eigenvalue weighted by Gasteiger charge is -2.10. The molecule has 3 aromatic rings. The molecule has 0 amide bonds. The fourth-order valence-corrected chi connectivity index (χ4v) is 3.01. The van der Waals surface area contributed by atoms with Gasteiger partial charge < -0.3 is 4.74 Å². The van der Waals surface area contributed by atoms with Gasteiger partial charge >= 0.3 is 0 Å². The second-order valence-corrected chi connectivity index (χ2v) is 6.80. The number of ether oxygens (including phenoxy) is 1. The Labute approximate surface area is 153 Å². The molecule has 0 N–H and O–H groups in total. The van der Waals surface area contributed by atoms with E-state index in [0.717, 1.165) is 27.0 Å². The summed E-state index contributed by atoms with van der Waals surface area (Å²) < 4.78 is 6.65. The molecular formula is C18H12BrCl2NO. The molecule has 2 aromatic carbocycles. The van der Waals surface area contributed by atoms with Crippen molar-refractivity contribution < 1.29 is 4.74 Å². The molecule has 0 atom stereocenters. The zero-order valence-electron chi connectivity index (χ0n) is 12.2. The minimum Gasteiger partial charge on any atom is -0.456 e. The zero-order valence-corrected chi connectivity index (χ0v) is 15.3. The summed E-state index contributed by atoms with van der Waals surface area (Å²) in [6.07, 6.45) is 1.67. The first-order valence-corrected chi connectivity index (χ1v) is 8.42. The van der Waals surface area contributed by atoms with Gasteiger partial charge in [-0.2, -0.15) is 0 Å². The predicted molar refractivity (Wildman–Crippen MR) is 98.6 cm³/mol. The van der Waals surface area contributed by atoms with Crippen LogP contribution in [0.15, 0.2) is 59.3 Å². The monoisotopic (exact) mass is 407 g/mol. The van der Waals surface area contributed by atoms with Crippen molar-refractivity contribution in [2.24, 2.45) is 0 Å². The van der Waals surface area contributed by atoms with Crippen molar-refractivity contribution >= 4 is 39.1 Å². The molecule has 0 bridgehead atoms. The third kappa shape index (κ3) is 4.25. The van der Waals surface area contributed by atoms with E-state index in [0.29, 0.717) is 15.8 Å². The maximum atomic E-state index is 6.10. The second-order valence-electron chi connectivity index (χ2n) is 5.11. The molecule has 0 aliphatic rings. The predicted octanol–water partition coefficient (Wildman–Crippen LogP) is 6.92. The largest absolute Gasteiger partial charge is 0.456 e. The molecule has 0 fully saturated rings. The Morgan fingerprint density at radius 3 is 2.22 bits per heavy atom. The van der Waals surface area contributed by atoms with E-state index in [2.05, 4.69) is 27.0 Å². The van der Waals surface area contributed by atoms with Crippen LogP contribution in [0.25, 0.3) is 11.1 Å². The summed E-state index contributed by atoms with van der Waals surface area (Å²) in [6, 6.07) is 15.2. The van der Waals surface area contributed by atoms with Gasteiger partial charge in [0.15, 0.2) is 0 Å². The van der Waals surface area contributed by atoms with Crippen molar-refractivity contribution in [3.63, 3.8) is 0 Å². The Bertz CT molecular complexity index is 830. The Balaban J connectivity index is 1.97. The number of hydrogen-bond donors (Lipinski definition) is 0. The van der Waals surface area contributed by atoms with Crippen LogP contribution in [0.3, 0.4) is 0 Å². The molecule has 0 aliphatic heterocycles. The minimum atomic E-state index is 0.605. The third-order valence-electron chi connectivity index (χ3n) is 3.18. The first kappa shape index (κ1) is 16.3. The highest BCUT2D eigenvalue weighted by Crippen LogP contribution is 2.32. The Morgan fingerprint density at radius 1 is 0.870 bits per heavy atom. The van der Waals surface area contributed by atoms with Gasteiger partial charge in [0.2, 0.25) is 0 Å². The van der Waals surface area contributed by atoms with Crippen LogP contribution < -0.4 is 4.74 Å². The van der Waals surface area contributed by atoms with Crippen molar-refractivity contribution in [1.82, 2.24) is 4.98 Å². The number of benzene rings is 2. The lowest BCUT2D eigenvalue weighted by molar-refractivity contribution is 0.480. The fourth-order valence-electron chi connectivity index (χ4n) is 2.25. The first-order chi connectivity index (χ1) is 11.0. The van der Waals surface area contributed by atoms with Crippen LogP contribution in [0.2, 0.25) is 10.0 Å². The van der Waals surface area contributed by atoms with Crippen LogP contribution in [0.5, 0.6) is 11.5 Å². The second kappa shape index (κ2) is 6.91. The quantitative estimate of drug-likeness (QED) is 0.438. The summed E-state index contributed by atoms with van der Waals surface area (Å²) in [7, 11) is 0. The maximum absolute atomic E-state index is 6.10. The number of rotatable bonds is 3. The van der Waals surface area contributed by atoms with Crippen molar-refractivity contribution in [2.45, 2.75) is 6.92 Å². The van der Waals surface area contributed by atoms with Crippen LogP contribution in [0.1, 0.15) is 5.56 Å². The molecule has 0 unspecified atom stereocenters. The summed E-state index contributed by atoms with van der Waals surface area (Å²) >= 11 is 15.5. The topological polar surface area (TPSA) is 22.1 Å². The van der Waals surface area contributed by atoms with E-state index < -0.39 is 0 Å². The smallest absolute Gasteiger partial charge is 0.145 e. The highest BCUT2D eigenvalue weighted by Gasteiger charge is 2.06. The zero-order chi connectivity index (χ0) is 16.4. The molecule has 1 aromatic heterocycles. The van der Waals surface area contributed by atoms with Gasteiger partial charge in [0, 0.05) is 10.0 Å². The fraction of sp³-hybridized carbons (Fsp3) is 0.0556. The van der Waals surface area contributed by atoms with Crippen LogP contribution in [0.4, 0.5) is 0 Å². The Hall–Kier alpha value is -1.55. The lowest BCUT2D eigenvalue weighted by atomic mass is 10.0. The van der Waals surface area contributed by atoms with Gasteiger partial charge in [-0.15, -0.1) is 0 Å². The van der Waals surface area contributed by atoms with Crippen LogP contribution >= 0.6 is 39.1 Å². The van der Waals surface area contributed by atoms with Gasteiger partial charge in [0.25, 0.3) is 0 Å². The molecule has 0 spiro atoms. The standard InChI is InChI=1S/C18H12BrCl2NO/c1-11-4-12(13-6-14(20)9-15(21)7-13)8-17(5-11)23-16-2-3-18(19)22-10-16/h2-10H,1H3. The van der Waals surface area contributed by atoms with Crippen molar-refractivity contribution in [3.05, 3.63) is 74.9 Å². The van der Waals surface area contributed by atoms with E-state index in [9.17, 15) is 0 Å². The Kier molecular flexibility index (Phi) is 4.90. The number of halogens is 3. The molecular weight excluding hydrogens is 397 g/mol. The molecule has 0 saturated carbocycles. The number of nitrogens with zero attached hydrogens (tertiary/aromatic N) is 1. The van der Waals surface area contributed by atoms with Gasteiger partial charge in [0.05, 0.1) is 6.20 Å². The summed E-state index contributed by atoms with van der Waals surface area (Å²) in [5.41, 5.74) is 3.03. The van der Waals surface area contributed by atoms with Crippen LogP contribution in [-0.4, -0.2) is 4.98 Å². The van der Waals surface area contributed by atoms with Gasteiger partial charge in [-0.25, -0.2) is 4.98 Å². The van der Waals surface area contributed by atoms with Gasteiger partial charge in [0.1, 0.15) is 16.1 Å². The average molecular weight is 409 g/mol. The summed E-state index contributed by atoms with van der Waals surface area (Å²) in [5, 5.41) is 1.21. The Morgan fingerprint density at radius 2 is 1.57 bits per heavy atom. The number of pyridine rings is 1. The SMILES string of the molecule is Cc1cc(Oc2ccc(Br)nc2)cc(-c2cc(Cl)cc(Cl)c2)c1. The third-order valence-corrected chi connectivity index (χ3v) is 4.09. The van der Waals surface area contributed by atoms with Crippen LogP contribution in [0, 0.1) is 6.92 Å². The van der Waals surface area contributed by atoms with Gasteiger partial charge in [-0.3, -0.25) is 0 Å². The molecule has 5 heteroatoms. The van der Waals surface area contributed by atoms with Crippen molar-refractivity contribution in [2.75, 3.05) is 0 Å². The van der Waals surface area contributed by atoms with E-state index in [4.69, 9.17) is 27.9 Å². The average Bonchev–Trinajstić information content (AvgIpc) is 2.48. The molecule has 2 nitrogen and oxygen atoms in total.